The number of likely N-dealkylation sites (N-methyl/N-ethyl adjacent to an activating group) is 2. The molecule has 0 saturated heterocycles. The van der Waals surface area contributed by atoms with E-state index in [1.807, 2.05) is 0 Å². The number of nitrogens with zero attached hydrogens (tertiary/aromatic N) is 3. The fourth-order valence-electron chi connectivity index (χ4n) is 2.79. The summed E-state index contributed by atoms with van der Waals surface area (Å²) in [5.74, 6) is 0. The van der Waals surface area contributed by atoms with Crippen LogP contribution in [0.15, 0.2) is 5.38 Å². The topological polar surface area (TPSA) is 31.4 Å². The van der Waals surface area contributed by atoms with E-state index in [0.717, 1.165) is 30.5 Å². The Balaban J connectivity index is 1.90. The third-order valence-corrected chi connectivity index (χ3v) is 5.37. The number of hydrogen-bond acceptors (Lipinski definition) is 5. The zero-order valence-corrected chi connectivity index (χ0v) is 14.1. The van der Waals surface area contributed by atoms with Gasteiger partial charge in [-0.3, -0.25) is 0 Å². The van der Waals surface area contributed by atoms with Crippen LogP contribution in [-0.2, 0) is 6.54 Å². The summed E-state index contributed by atoms with van der Waals surface area (Å²) in [5, 5.41) is 6.73. The van der Waals surface area contributed by atoms with Crippen LogP contribution < -0.4 is 10.2 Å². The van der Waals surface area contributed by atoms with Crippen LogP contribution >= 0.6 is 11.3 Å². The minimum absolute atomic E-state index is 0.362. The molecule has 1 aromatic rings. The minimum atomic E-state index is 0.362. The van der Waals surface area contributed by atoms with E-state index in [4.69, 9.17) is 4.98 Å². The Morgan fingerprint density at radius 2 is 2.10 bits per heavy atom. The predicted octanol–water partition coefficient (Wildman–Crippen LogP) is 2.56. The first-order chi connectivity index (χ1) is 9.57. The van der Waals surface area contributed by atoms with Gasteiger partial charge in [0, 0.05) is 31.1 Å². The highest BCUT2D eigenvalue weighted by Gasteiger charge is 2.40. The molecule has 2 rings (SSSR count). The van der Waals surface area contributed by atoms with Gasteiger partial charge in [-0.05, 0) is 46.3 Å². The van der Waals surface area contributed by atoms with Gasteiger partial charge in [-0.2, -0.15) is 0 Å². The van der Waals surface area contributed by atoms with Gasteiger partial charge < -0.3 is 15.1 Å². The van der Waals surface area contributed by atoms with Crippen molar-refractivity contribution < 1.29 is 0 Å². The highest BCUT2D eigenvalue weighted by molar-refractivity contribution is 7.13. The molecule has 0 spiro atoms. The van der Waals surface area contributed by atoms with E-state index in [1.54, 1.807) is 11.3 Å². The van der Waals surface area contributed by atoms with Crippen molar-refractivity contribution in [2.45, 2.75) is 44.7 Å². The lowest BCUT2D eigenvalue weighted by molar-refractivity contribution is 0.0683. The lowest BCUT2D eigenvalue weighted by Crippen LogP contribution is -2.56. The molecule has 0 bridgehead atoms. The number of nitrogens with one attached hydrogen (secondary N) is 1. The van der Waals surface area contributed by atoms with Gasteiger partial charge in [-0.15, -0.1) is 11.3 Å². The van der Waals surface area contributed by atoms with Crippen LogP contribution in [0, 0.1) is 0 Å². The second-order valence-electron chi connectivity index (χ2n) is 6.13. The highest BCUT2D eigenvalue weighted by Crippen LogP contribution is 2.37. The summed E-state index contributed by atoms with van der Waals surface area (Å²) in [7, 11) is 6.58. The molecule has 0 radical (unpaired) electrons. The van der Waals surface area contributed by atoms with E-state index < -0.39 is 0 Å². The predicted molar refractivity (Wildman–Crippen MR) is 87.7 cm³/mol. The molecule has 5 heteroatoms. The van der Waals surface area contributed by atoms with Crippen LogP contribution in [0.25, 0.3) is 0 Å². The van der Waals surface area contributed by atoms with E-state index in [1.165, 1.54) is 25.7 Å². The summed E-state index contributed by atoms with van der Waals surface area (Å²) < 4.78 is 0. The number of thiazole rings is 1. The molecule has 1 aromatic heterocycles. The van der Waals surface area contributed by atoms with E-state index in [2.05, 4.69) is 48.6 Å². The fraction of sp³-hybridized carbons (Fsp3) is 0.800. The van der Waals surface area contributed by atoms with Crippen molar-refractivity contribution in [2.75, 3.05) is 39.1 Å². The molecule has 0 atom stereocenters. The molecule has 4 nitrogen and oxygen atoms in total. The third-order valence-electron chi connectivity index (χ3n) is 4.36. The molecule has 1 saturated carbocycles. The van der Waals surface area contributed by atoms with Crippen LogP contribution in [0.5, 0.6) is 0 Å². The van der Waals surface area contributed by atoms with Crippen LogP contribution in [0.2, 0.25) is 0 Å². The molecule has 20 heavy (non-hydrogen) atoms. The molecule has 0 aromatic carbocycles. The quantitative estimate of drug-likeness (QED) is 0.747. The Kier molecular flexibility index (Phi) is 5.41. The summed E-state index contributed by atoms with van der Waals surface area (Å²) in [4.78, 5) is 9.47. The third kappa shape index (κ3) is 3.51. The monoisotopic (exact) mass is 296 g/mol. The summed E-state index contributed by atoms with van der Waals surface area (Å²) in [5.41, 5.74) is 1.53. The molecule has 1 N–H and O–H groups in total. The largest absolute Gasteiger partial charge is 0.349 e. The van der Waals surface area contributed by atoms with Gasteiger partial charge in [0.05, 0.1) is 5.69 Å². The SMILES string of the molecule is CCCNCc1csc(N(C)CC2(N(C)C)CCC2)n1. The summed E-state index contributed by atoms with van der Waals surface area (Å²) in [6, 6.07) is 0. The Bertz CT molecular complexity index is 412. The van der Waals surface area contributed by atoms with Gasteiger partial charge in [0.25, 0.3) is 0 Å². The van der Waals surface area contributed by atoms with Gasteiger partial charge in [0.2, 0.25) is 0 Å². The number of rotatable bonds is 8. The summed E-state index contributed by atoms with van der Waals surface area (Å²) in [6.45, 7) is 5.21. The van der Waals surface area contributed by atoms with Gasteiger partial charge in [-0.25, -0.2) is 4.98 Å². The lowest BCUT2D eigenvalue weighted by Gasteiger charge is -2.49. The number of aromatic nitrogens is 1. The molecule has 1 heterocycles. The standard InChI is InChI=1S/C15H28N4S/c1-5-9-16-10-13-11-20-14(17-13)19(4)12-15(18(2)3)7-6-8-15/h11,16H,5-10,12H2,1-4H3. The first kappa shape index (κ1) is 15.7. The van der Waals surface area contributed by atoms with Crippen molar-refractivity contribution in [3.63, 3.8) is 0 Å². The second-order valence-corrected chi connectivity index (χ2v) is 6.96. The Morgan fingerprint density at radius 1 is 1.35 bits per heavy atom. The average molecular weight is 296 g/mol. The van der Waals surface area contributed by atoms with E-state index >= 15 is 0 Å². The molecule has 1 aliphatic rings. The maximum Gasteiger partial charge on any atom is 0.185 e. The Hall–Kier alpha value is -0.650. The number of anilines is 1. The molecular formula is C15H28N4S. The van der Waals surface area contributed by atoms with Crippen molar-refractivity contribution in [1.82, 2.24) is 15.2 Å². The normalized spacial score (nSPS) is 17.2. The van der Waals surface area contributed by atoms with Crippen molar-refractivity contribution >= 4 is 16.5 Å². The fourth-order valence-corrected chi connectivity index (χ4v) is 3.58. The zero-order valence-electron chi connectivity index (χ0n) is 13.3. The maximum atomic E-state index is 4.75. The zero-order chi connectivity index (χ0) is 14.6. The van der Waals surface area contributed by atoms with E-state index in [0.29, 0.717) is 5.54 Å². The van der Waals surface area contributed by atoms with Gasteiger partial charge in [0.15, 0.2) is 5.13 Å². The van der Waals surface area contributed by atoms with Crippen molar-refractivity contribution in [2.24, 2.45) is 0 Å². The maximum absolute atomic E-state index is 4.75. The first-order valence-electron chi connectivity index (χ1n) is 7.61. The minimum Gasteiger partial charge on any atom is -0.349 e. The van der Waals surface area contributed by atoms with Crippen LogP contribution in [0.1, 0.15) is 38.3 Å². The van der Waals surface area contributed by atoms with Gasteiger partial charge in [-0.1, -0.05) is 6.92 Å². The molecule has 1 fully saturated rings. The lowest BCUT2D eigenvalue weighted by atomic mass is 9.75. The Morgan fingerprint density at radius 3 is 2.65 bits per heavy atom. The van der Waals surface area contributed by atoms with Crippen molar-refractivity contribution in [1.29, 1.82) is 0 Å². The van der Waals surface area contributed by atoms with Crippen LogP contribution in [0.3, 0.4) is 0 Å². The van der Waals surface area contributed by atoms with Crippen LogP contribution in [0.4, 0.5) is 5.13 Å². The summed E-state index contributed by atoms with van der Waals surface area (Å²) >= 11 is 1.76. The highest BCUT2D eigenvalue weighted by atomic mass is 32.1. The smallest absolute Gasteiger partial charge is 0.185 e. The van der Waals surface area contributed by atoms with Gasteiger partial charge in [0.1, 0.15) is 0 Å². The van der Waals surface area contributed by atoms with Crippen LogP contribution in [-0.4, -0.2) is 49.7 Å². The molecule has 1 aliphatic carbocycles. The average Bonchev–Trinajstić information content (AvgIpc) is 2.82. The molecular weight excluding hydrogens is 268 g/mol. The Labute approximate surface area is 127 Å². The summed E-state index contributed by atoms with van der Waals surface area (Å²) in [6.07, 6.45) is 5.14. The van der Waals surface area contributed by atoms with Crippen molar-refractivity contribution in [3.05, 3.63) is 11.1 Å². The van der Waals surface area contributed by atoms with Gasteiger partial charge >= 0.3 is 0 Å². The van der Waals surface area contributed by atoms with E-state index in [9.17, 15) is 0 Å². The first-order valence-corrected chi connectivity index (χ1v) is 8.49. The molecule has 114 valence electrons. The van der Waals surface area contributed by atoms with E-state index in [-0.39, 0.29) is 0 Å². The molecule has 0 unspecified atom stereocenters. The van der Waals surface area contributed by atoms with Crippen molar-refractivity contribution in [3.8, 4) is 0 Å². The second kappa shape index (κ2) is 6.87. The number of hydrogen-bond donors (Lipinski definition) is 1. The molecule has 0 aliphatic heterocycles. The molecule has 0 amide bonds.